The highest BCUT2D eigenvalue weighted by atomic mass is 16.6. The Labute approximate surface area is 116 Å². The van der Waals surface area contributed by atoms with Gasteiger partial charge in [-0.1, -0.05) is 13.0 Å². The summed E-state index contributed by atoms with van der Waals surface area (Å²) in [6, 6.07) is 9.54. The van der Waals surface area contributed by atoms with Gasteiger partial charge in [0.15, 0.2) is 0 Å². The minimum Gasteiger partial charge on any atom is -0.417 e. The Morgan fingerprint density at radius 2 is 2.20 bits per heavy atom. The molecular formula is C15H15N3O2. The zero-order chi connectivity index (χ0) is 13.8. The molecule has 5 heteroatoms. The summed E-state index contributed by atoms with van der Waals surface area (Å²) in [6.45, 7) is 3.60. The number of hydrogen-bond acceptors (Lipinski definition) is 5. The molecule has 0 fully saturated rings. The van der Waals surface area contributed by atoms with Crippen LogP contribution in [0, 0.1) is 0 Å². The van der Waals surface area contributed by atoms with Crippen LogP contribution in [0.2, 0.25) is 0 Å². The van der Waals surface area contributed by atoms with Crippen molar-refractivity contribution in [2.45, 2.75) is 13.5 Å². The molecule has 0 saturated carbocycles. The number of nitrogens with one attached hydrogen (secondary N) is 1. The lowest BCUT2D eigenvalue weighted by Gasteiger charge is -2.04. The molecule has 5 nitrogen and oxygen atoms in total. The molecule has 0 radical (unpaired) electrons. The number of aromatic nitrogens is 2. The second kappa shape index (κ2) is 5.71. The maximum atomic E-state index is 5.71. The van der Waals surface area contributed by atoms with E-state index in [2.05, 4.69) is 15.3 Å². The normalized spacial score (nSPS) is 10.8. The van der Waals surface area contributed by atoms with Gasteiger partial charge in [-0.15, -0.1) is 0 Å². The van der Waals surface area contributed by atoms with Crippen LogP contribution < -0.4 is 10.1 Å². The summed E-state index contributed by atoms with van der Waals surface area (Å²) in [7, 11) is 0. The van der Waals surface area contributed by atoms with Gasteiger partial charge in [0.2, 0.25) is 0 Å². The highest BCUT2D eigenvalue weighted by Gasteiger charge is 2.08. The summed E-state index contributed by atoms with van der Waals surface area (Å²) in [4.78, 5) is 8.57. The number of oxazole rings is 1. The first kappa shape index (κ1) is 12.6. The zero-order valence-corrected chi connectivity index (χ0v) is 11.2. The predicted octanol–water partition coefficient (Wildman–Crippen LogP) is 3.12. The van der Waals surface area contributed by atoms with Gasteiger partial charge >= 0.3 is 6.08 Å². The summed E-state index contributed by atoms with van der Waals surface area (Å²) in [5, 5.41) is 4.12. The zero-order valence-electron chi connectivity index (χ0n) is 11.2. The number of rotatable bonds is 5. The number of benzene rings is 1. The second-order valence-electron chi connectivity index (χ2n) is 4.31. The van der Waals surface area contributed by atoms with Crippen LogP contribution in [0.25, 0.3) is 10.9 Å². The van der Waals surface area contributed by atoms with E-state index in [-0.39, 0.29) is 6.08 Å². The van der Waals surface area contributed by atoms with E-state index in [0.29, 0.717) is 12.3 Å². The lowest BCUT2D eigenvalue weighted by Crippen LogP contribution is -2.11. The number of nitrogens with zero attached hydrogens (tertiary/aromatic N) is 2. The van der Waals surface area contributed by atoms with Crippen LogP contribution in [0.5, 0.6) is 11.8 Å². The van der Waals surface area contributed by atoms with Crippen molar-refractivity contribution in [3.63, 3.8) is 0 Å². The summed E-state index contributed by atoms with van der Waals surface area (Å²) < 4.78 is 11.0. The molecule has 3 rings (SSSR count). The molecule has 0 unspecified atom stereocenters. The van der Waals surface area contributed by atoms with Gasteiger partial charge in [-0.2, -0.15) is 4.98 Å². The average molecular weight is 269 g/mol. The van der Waals surface area contributed by atoms with Crippen LogP contribution >= 0.6 is 0 Å². The molecule has 1 N–H and O–H groups in total. The molecule has 0 saturated heterocycles. The molecule has 102 valence electrons. The first-order chi connectivity index (χ1) is 9.86. The van der Waals surface area contributed by atoms with Gasteiger partial charge in [0.25, 0.3) is 0 Å². The van der Waals surface area contributed by atoms with Crippen molar-refractivity contribution in [3.05, 3.63) is 48.5 Å². The van der Waals surface area contributed by atoms with Gasteiger partial charge in [-0.05, 0) is 30.8 Å². The van der Waals surface area contributed by atoms with Crippen molar-refractivity contribution in [2.75, 3.05) is 6.54 Å². The number of pyridine rings is 1. The molecule has 0 bridgehead atoms. The molecule has 1 aromatic carbocycles. The molecule has 0 atom stereocenters. The molecule has 0 spiro atoms. The Morgan fingerprint density at radius 1 is 1.25 bits per heavy atom. The van der Waals surface area contributed by atoms with Crippen LogP contribution in [0.15, 0.2) is 47.2 Å². The van der Waals surface area contributed by atoms with Crippen LogP contribution in [0.4, 0.5) is 0 Å². The summed E-state index contributed by atoms with van der Waals surface area (Å²) in [5.74, 6) is 0.687. The molecular weight excluding hydrogens is 254 g/mol. The second-order valence-corrected chi connectivity index (χ2v) is 4.31. The fourth-order valence-electron chi connectivity index (χ4n) is 1.93. The third kappa shape index (κ3) is 2.62. The summed E-state index contributed by atoms with van der Waals surface area (Å²) in [5.41, 5.74) is 1.70. The molecule has 3 aromatic rings. The number of ether oxygens (including phenoxy) is 1. The Balaban J connectivity index is 1.84. The van der Waals surface area contributed by atoms with Crippen molar-refractivity contribution in [1.82, 2.24) is 15.3 Å². The number of fused-ring (bicyclic) bond motifs is 1. The van der Waals surface area contributed by atoms with Crippen molar-refractivity contribution in [1.29, 1.82) is 0 Å². The Morgan fingerprint density at radius 3 is 3.10 bits per heavy atom. The fourth-order valence-corrected chi connectivity index (χ4v) is 1.93. The molecule has 0 aliphatic carbocycles. The maximum Gasteiger partial charge on any atom is 0.399 e. The predicted molar refractivity (Wildman–Crippen MR) is 75.7 cm³/mol. The first-order valence-electron chi connectivity index (χ1n) is 6.53. The Hall–Kier alpha value is -2.40. The Bertz CT molecular complexity index is 704. The van der Waals surface area contributed by atoms with Crippen molar-refractivity contribution in [2.24, 2.45) is 0 Å². The van der Waals surface area contributed by atoms with E-state index >= 15 is 0 Å². The summed E-state index contributed by atoms with van der Waals surface area (Å²) >= 11 is 0. The molecule has 0 aliphatic heterocycles. The largest absolute Gasteiger partial charge is 0.417 e. The van der Waals surface area contributed by atoms with Gasteiger partial charge in [0, 0.05) is 18.1 Å². The smallest absolute Gasteiger partial charge is 0.399 e. The van der Waals surface area contributed by atoms with Gasteiger partial charge in [-0.3, -0.25) is 4.98 Å². The van der Waals surface area contributed by atoms with Crippen LogP contribution in [0.1, 0.15) is 12.6 Å². The maximum absolute atomic E-state index is 5.71. The summed E-state index contributed by atoms with van der Waals surface area (Å²) in [6.07, 6.45) is 3.60. The van der Waals surface area contributed by atoms with E-state index in [1.807, 2.05) is 37.3 Å². The highest BCUT2D eigenvalue weighted by molar-refractivity contribution is 5.84. The SMILES string of the molecule is CCNCc1coc(Oc2cccc3ncccc23)n1. The lowest BCUT2D eigenvalue weighted by molar-refractivity contribution is 0.333. The molecule has 2 aromatic heterocycles. The molecule has 20 heavy (non-hydrogen) atoms. The van der Waals surface area contributed by atoms with E-state index in [1.165, 1.54) is 0 Å². The van der Waals surface area contributed by atoms with Gasteiger partial charge in [0.1, 0.15) is 12.0 Å². The molecule has 2 heterocycles. The number of hydrogen-bond donors (Lipinski definition) is 1. The quantitative estimate of drug-likeness (QED) is 0.771. The minimum absolute atomic E-state index is 0.245. The minimum atomic E-state index is 0.245. The first-order valence-corrected chi connectivity index (χ1v) is 6.53. The van der Waals surface area contributed by atoms with Gasteiger partial charge < -0.3 is 14.5 Å². The van der Waals surface area contributed by atoms with Crippen LogP contribution in [-0.2, 0) is 6.54 Å². The van der Waals surface area contributed by atoms with Gasteiger partial charge in [-0.25, -0.2) is 0 Å². The third-order valence-electron chi connectivity index (χ3n) is 2.89. The van der Waals surface area contributed by atoms with E-state index in [4.69, 9.17) is 9.15 Å². The van der Waals surface area contributed by atoms with E-state index in [9.17, 15) is 0 Å². The van der Waals surface area contributed by atoms with E-state index < -0.39 is 0 Å². The fraction of sp³-hybridized carbons (Fsp3) is 0.200. The topological polar surface area (TPSA) is 60.2 Å². The molecule has 0 aliphatic rings. The van der Waals surface area contributed by atoms with E-state index in [0.717, 1.165) is 23.1 Å². The van der Waals surface area contributed by atoms with Gasteiger partial charge in [0.05, 0.1) is 11.2 Å². The Kier molecular flexibility index (Phi) is 3.60. The average Bonchev–Trinajstić information content (AvgIpc) is 2.93. The van der Waals surface area contributed by atoms with Crippen molar-refractivity contribution >= 4 is 10.9 Å². The third-order valence-corrected chi connectivity index (χ3v) is 2.89. The van der Waals surface area contributed by atoms with E-state index in [1.54, 1.807) is 12.5 Å². The van der Waals surface area contributed by atoms with Crippen molar-refractivity contribution in [3.8, 4) is 11.8 Å². The van der Waals surface area contributed by atoms with Crippen LogP contribution in [-0.4, -0.2) is 16.5 Å². The monoisotopic (exact) mass is 269 g/mol. The van der Waals surface area contributed by atoms with Crippen molar-refractivity contribution < 1.29 is 9.15 Å². The lowest BCUT2D eigenvalue weighted by atomic mass is 10.2. The standard InChI is InChI=1S/C15H15N3O2/c1-2-16-9-11-10-19-15(18-11)20-14-7-3-6-13-12(14)5-4-8-17-13/h3-8,10,16H,2,9H2,1H3. The molecule has 0 amide bonds. The highest BCUT2D eigenvalue weighted by Crippen LogP contribution is 2.28. The van der Waals surface area contributed by atoms with Crippen LogP contribution in [0.3, 0.4) is 0 Å².